The Bertz CT molecular complexity index is 252. The molecule has 0 unspecified atom stereocenters. The normalized spacial score (nSPS) is 12.9. The molecule has 0 fully saturated rings. The lowest BCUT2D eigenvalue weighted by molar-refractivity contribution is 0.281. The summed E-state index contributed by atoms with van der Waals surface area (Å²) < 4.78 is 0. The highest BCUT2D eigenvalue weighted by molar-refractivity contribution is 5.17. The van der Waals surface area contributed by atoms with Gasteiger partial charge in [-0.1, -0.05) is 0 Å². The molecule has 0 saturated carbocycles. The molecule has 4 heteroatoms. The topological polar surface area (TPSA) is 85.2 Å². The van der Waals surface area contributed by atoms with Crippen LogP contribution in [0.2, 0.25) is 0 Å². The lowest BCUT2D eigenvalue weighted by atomic mass is 10.1. The molecule has 4 nitrogen and oxygen atoms in total. The SMILES string of the molecule is NC[C@H](N)c1cc(CO)ccn1. The third kappa shape index (κ3) is 2.01. The van der Waals surface area contributed by atoms with Crippen molar-refractivity contribution in [1.29, 1.82) is 0 Å². The van der Waals surface area contributed by atoms with Crippen LogP contribution in [0.4, 0.5) is 0 Å². The predicted octanol–water partition coefficient (Wildman–Crippen LogP) is -0.468. The van der Waals surface area contributed by atoms with Crippen molar-refractivity contribution in [3.8, 4) is 0 Å². The minimum atomic E-state index is -0.239. The van der Waals surface area contributed by atoms with Gasteiger partial charge >= 0.3 is 0 Å². The molecule has 0 radical (unpaired) electrons. The second-order valence-electron chi connectivity index (χ2n) is 2.59. The van der Waals surface area contributed by atoms with E-state index < -0.39 is 0 Å². The smallest absolute Gasteiger partial charge is 0.0683 e. The average Bonchev–Trinajstić information content (AvgIpc) is 2.17. The van der Waals surface area contributed by atoms with Gasteiger partial charge in [-0.3, -0.25) is 4.98 Å². The standard InChI is InChI=1S/C8H13N3O/c9-4-7(10)8-3-6(5-12)1-2-11-8/h1-3,7,12H,4-5,9-10H2/t7-/m0/s1. The van der Waals surface area contributed by atoms with Crippen LogP contribution in [-0.2, 0) is 6.61 Å². The summed E-state index contributed by atoms with van der Waals surface area (Å²) in [6, 6.07) is 3.26. The van der Waals surface area contributed by atoms with E-state index in [1.54, 1.807) is 18.3 Å². The van der Waals surface area contributed by atoms with E-state index >= 15 is 0 Å². The maximum atomic E-state index is 8.82. The Balaban J connectivity index is 2.86. The van der Waals surface area contributed by atoms with Crippen LogP contribution >= 0.6 is 0 Å². The Morgan fingerprint density at radius 1 is 1.58 bits per heavy atom. The van der Waals surface area contributed by atoms with Gasteiger partial charge in [-0.05, 0) is 17.7 Å². The Kier molecular flexibility index (Phi) is 3.16. The number of nitrogens with zero attached hydrogens (tertiary/aromatic N) is 1. The maximum absolute atomic E-state index is 8.82. The van der Waals surface area contributed by atoms with Crippen molar-refractivity contribution in [3.05, 3.63) is 29.6 Å². The van der Waals surface area contributed by atoms with Crippen molar-refractivity contribution in [3.63, 3.8) is 0 Å². The summed E-state index contributed by atoms with van der Waals surface area (Å²) >= 11 is 0. The van der Waals surface area contributed by atoms with Crippen LogP contribution in [0.25, 0.3) is 0 Å². The average molecular weight is 167 g/mol. The van der Waals surface area contributed by atoms with Crippen molar-refractivity contribution in [2.45, 2.75) is 12.6 Å². The first kappa shape index (κ1) is 9.12. The highest BCUT2D eigenvalue weighted by Crippen LogP contribution is 2.07. The first-order valence-corrected chi connectivity index (χ1v) is 3.79. The number of hydrogen-bond acceptors (Lipinski definition) is 4. The highest BCUT2D eigenvalue weighted by Gasteiger charge is 2.04. The Morgan fingerprint density at radius 2 is 2.33 bits per heavy atom. The molecule has 0 bridgehead atoms. The minimum absolute atomic E-state index is 0.00676. The largest absolute Gasteiger partial charge is 0.392 e. The molecular weight excluding hydrogens is 154 g/mol. The van der Waals surface area contributed by atoms with Gasteiger partial charge in [-0.25, -0.2) is 0 Å². The van der Waals surface area contributed by atoms with E-state index in [9.17, 15) is 0 Å². The first-order valence-electron chi connectivity index (χ1n) is 3.79. The number of aliphatic hydroxyl groups is 1. The Labute approximate surface area is 71.2 Å². The summed E-state index contributed by atoms with van der Waals surface area (Å²) in [5.74, 6) is 0. The van der Waals surface area contributed by atoms with E-state index in [-0.39, 0.29) is 12.6 Å². The highest BCUT2D eigenvalue weighted by atomic mass is 16.3. The van der Waals surface area contributed by atoms with Crippen molar-refractivity contribution >= 4 is 0 Å². The Morgan fingerprint density at radius 3 is 2.92 bits per heavy atom. The summed E-state index contributed by atoms with van der Waals surface area (Å²) in [5.41, 5.74) is 12.6. The van der Waals surface area contributed by atoms with Crippen LogP contribution in [0.15, 0.2) is 18.3 Å². The summed E-state index contributed by atoms with van der Waals surface area (Å²) in [4.78, 5) is 4.04. The van der Waals surface area contributed by atoms with Crippen molar-refractivity contribution in [2.75, 3.05) is 6.54 Å². The number of aliphatic hydroxyl groups excluding tert-OH is 1. The summed E-state index contributed by atoms with van der Waals surface area (Å²) in [6.07, 6.45) is 1.62. The van der Waals surface area contributed by atoms with Gasteiger partial charge in [0.05, 0.1) is 18.3 Å². The molecular formula is C8H13N3O. The molecule has 0 spiro atoms. The summed E-state index contributed by atoms with van der Waals surface area (Å²) in [5, 5.41) is 8.82. The van der Waals surface area contributed by atoms with Crippen LogP contribution in [0.5, 0.6) is 0 Å². The summed E-state index contributed by atoms with van der Waals surface area (Å²) in [7, 11) is 0. The van der Waals surface area contributed by atoms with E-state index in [1.807, 2.05) is 0 Å². The predicted molar refractivity (Wildman–Crippen MR) is 46.1 cm³/mol. The number of rotatable bonds is 3. The zero-order valence-electron chi connectivity index (χ0n) is 6.77. The molecule has 1 aromatic rings. The van der Waals surface area contributed by atoms with Gasteiger partial charge in [0.2, 0.25) is 0 Å². The molecule has 0 aliphatic carbocycles. The third-order valence-electron chi connectivity index (χ3n) is 1.66. The lowest BCUT2D eigenvalue weighted by Crippen LogP contribution is -2.21. The fraction of sp³-hybridized carbons (Fsp3) is 0.375. The molecule has 1 heterocycles. The molecule has 0 aromatic carbocycles. The van der Waals surface area contributed by atoms with Crippen LogP contribution in [0, 0.1) is 0 Å². The molecule has 0 amide bonds. The second kappa shape index (κ2) is 4.15. The molecule has 1 rings (SSSR count). The Hall–Kier alpha value is -0.970. The van der Waals surface area contributed by atoms with Crippen molar-refractivity contribution in [1.82, 2.24) is 4.98 Å². The van der Waals surface area contributed by atoms with E-state index in [1.165, 1.54) is 0 Å². The fourth-order valence-electron chi connectivity index (χ4n) is 0.916. The molecule has 1 atom stereocenters. The molecule has 12 heavy (non-hydrogen) atoms. The van der Waals surface area contributed by atoms with Crippen LogP contribution in [-0.4, -0.2) is 16.6 Å². The molecule has 0 aliphatic rings. The van der Waals surface area contributed by atoms with Crippen molar-refractivity contribution in [2.24, 2.45) is 11.5 Å². The molecule has 66 valence electrons. The van der Waals surface area contributed by atoms with Gasteiger partial charge in [0.15, 0.2) is 0 Å². The van der Waals surface area contributed by atoms with Crippen LogP contribution in [0.1, 0.15) is 17.3 Å². The van der Waals surface area contributed by atoms with Crippen molar-refractivity contribution < 1.29 is 5.11 Å². The van der Waals surface area contributed by atoms with Gasteiger partial charge in [0.25, 0.3) is 0 Å². The monoisotopic (exact) mass is 167 g/mol. The molecule has 5 N–H and O–H groups in total. The molecule has 0 aliphatic heterocycles. The van der Waals surface area contributed by atoms with E-state index in [4.69, 9.17) is 16.6 Å². The zero-order valence-corrected chi connectivity index (χ0v) is 6.77. The number of hydrogen-bond donors (Lipinski definition) is 3. The van der Waals surface area contributed by atoms with E-state index in [2.05, 4.69) is 4.98 Å². The summed E-state index contributed by atoms with van der Waals surface area (Å²) in [6.45, 7) is 0.370. The first-order chi connectivity index (χ1) is 5.77. The maximum Gasteiger partial charge on any atom is 0.0683 e. The van der Waals surface area contributed by atoms with Crippen LogP contribution < -0.4 is 11.5 Å². The van der Waals surface area contributed by atoms with E-state index in [0.29, 0.717) is 6.54 Å². The van der Waals surface area contributed by atoms with Gasteiger partial charge in [0.1, 0.15) is 0 Å². The van der Waals surface area contributed by atoms with Gasteiger partial charge in [-0.2, -0.15) is 0 Å². The van der Waals surface area contributed by atoms with Gasteiger partial charge in [-0.15, -0.1) is 0 Å². The zero-order chi connectivity index (χ0) is 8.97. The van der Waals surface area contributed by atoms with Gasteiger partial charge in [0, 0.05) is 12.7 Å². The fourth-order valence-corrected chi connectivity index (χ4v) is 0.916. The second-order valence-corrected chi connectivity index (χ2v) is 2.59. The molecule has 0 saturated heterocycles. The molecule has 1 aromatic heterocycles. The minimum Gasteiger partial charge on any atom is -0.392 e. The lowest BCUT2D eigenvalue weighted by Gasteiger charge is -2.08. The quantitative estimate of drug-likeness (QED) is 0.568. The van der Waals surface area contributed by atoms with Gasteiger partial charge < -0.3 is 16.6 Å². The number of nitrogens with two attached hydrogens (primary N) is 2. The van der Waals surface area contributed by atoms with E-state index in [0.717, 1.165) is 11.3 Å². The number of pyridine rings is 1. The third-order valence-corrected chi connectivity index (χ3v) is 1.66. The van der Waals surface area contributed by atoms with Crippen LogP contribution in [0.3, 0.4) is 0 Å². The number of aromatic nitrogens is 1.